The van der Waals surface area contributed by atoms with E-state index in [1.807, 2.05) is 49.1 Å². The molecule has 7 heteroatoms. The second-order valence-corrected chi connectivity index (χ2v) is 9.07. The van der Waals surface area contributed by atoms with Gasteiger partial charge in [0.05, 0.1) is 5.60 Å². The lowest BCUT2D eigenvalue weighted by molar-refractivity contribution is -0.0950. The van der Waals surface area contributed by atoms with E-state index in [1.165, 1.54) is 12.1 Å². The van der Waals surface area contributed by atoms with Crippen LogP contribution < -0.4 is 9.64 Å². The number of methoxy groups -OCH3 is 1. The number of nitrogens with zero attached hydrogens (tertiary/aromatic N) is 2. The van der Waals surface area contributed by atoms with Gasteiger partial charge in [-0.15, -0.1) is 0 Å². The first-order valence-corrected chi connectivity index (χ1v) is 12.0. The van der Waals surface area contributed by atoms with Gasteiger partial charge in [-0.05, 0) is 55.7 Å². The minimum Gasteiger partial charge on any atom is -0.489 e. The van der Waals surface area contributed by atoms with E-state index in [-0.39, 0.29) is 24.5 Å². The van der Waals surface area contributed by atoms with E-state index >= 15 is 0 Å². The number of halogens is 1. The SMILES string of the molecule is CCCN(C(=O)N(C)c1ccc(COc2cc(F)cc(C3(OC)CCOCC3)c2)cc1)C(C)C. The van der Waals surface area contributed by atoms with Crippen LogP contribution in [0.4, 0.5) is 14.9 Å². The number of anilines is 1. The molecular weight excluding hydrogens is 435 g/mol. The zero-order valence-electron chi connectivity index (χ0n) is 21.0. The fourth-order valence-electron chi connectivity index (χ4n) is 4.32. The normalized spacial score (nSPS) is 15.3. The van der Waals surface area contributed by atoms with Crippen molar-refractivity contribution in [1.29, 1.82) is 0 Å². The van der Waals surface area contributed by atoms with E-state index in [9.17, 15) is 9.18 Å². The number of carbonyl (C=O) groups excluding carboxylic acids is 1. The minimum atomic E-state index is -0.557. The number of urea groups is 1. The number of benzene rings is 2. The van der Waals surface area contributed by atoms with Gasteiger partial charge >= 0.3 is 6.03 Å². The van der Waals surface area contributed by atoms with Crippen LogP contribution in [0.3, 0.4) is 0 Å². The van der Waals surface area contributed by atoms with Crippen molar-refractivity contribution in [2.75, 3.05) is 38.8 Å². The maximum Gasteiger partial charge on any atom is 0.324 e. The van der Waals surface area contributed by atoms with Crippen molar-refractivity contribution in [3.8, 4) is 5.75 Å². The second kappa shape index (κ2) is 11.7. The topological polar surface area (TPSA) is 51.2 Å². The van der Waals surface area contributed by atoms with Crippen molar-refractivity contribution in [3.05, 3.63) is 59.4 Å². The van der Waals surface area contributed by atoms with E-state index in [1.54, 1.807) is 19.1 Å². The molecular formula is C27H37FN2O4. The summed E-state index contributed by atoms with van der Waals surface area (Å²) in [7, 11) is 3.44. The molecule has 0 unspecified atom stereocenters. The number of hydrogen-bond donors (Lipinski definition) is 0. The molecule has 6 nitrogen and oxygen atoms in total. The summed E-state index contributed by atoms with van der Waals surface area (Å²) in [5.41, 5.74) is 1.95. The predicted molar refractivity (Wildman–Crippen MR) is 132 cm³/mol. The zero-order valence-corrected chi connectivity index (χ0v) is 21.0. The Bertz CT molecular complexity index is 942. The lowest BCUT2D eigenvalue weighted by Crippen LogP contribution is -2.45. The molecule has 1 heterocycles. The monoisotopic (exact) mass is 472 g/mol. The van der Waals surface area contributed by atoms with Crippen LogP contribution >= 0.6 is 0 Å². The molecule has 0 N–H and O–H groups in total. The summed E-state index contributed by atoms with van der Waals surface area (Å²) in [4.78, 5) is 16.4. The lowest BCUT2D eigenvalue weighted by atomic mass is 9.86. The highest BCUT2D eigenvalue weighted by molar-refractivity contribution is 5.91. The molecule has 186 valence electrons. The predicted octanol–water partition coefficient (Wildman–Crippen LogP) is 5.73. The van der Waals surface area contributed by atoms with Crippen LogP contribution in [0.15, 0.2) is 42.5 Å². The van der Waals surface area contributed by atoms with E-state index in [4.69, 9.17) is 14.2 Å². The largest absolute Gasteiger partial charge is 0.489 e. The Morgan fingerprint density at radius 2 is 1.82 bits per heavy atom. The molecule has 2 aromatic carbocycles. The summed E-state index contributed by atoms with van der Waals surface area (Å²) in [6, 6.07) is 12.5. The standard InChI is InChI=1S/C27H37FN2O4/c1-6-13-30(20(2)3)26(31)29(4)24-9-7-21(8-10-24)19-34-25-17-22(16-23(28)18-25)27(32-5)11-14-33-15-12-27/h7-10,16-18,20H,6,11-15,19H2,1-5H3. The number of amides is 2. The Balaban J connectivity index is 1.67. The first kappa shape index (κ1) is 26.0. The Labute approximate surface area is 202 Å². The van der Waals surface area contributed by atoms with Crippen molar-refractivity contribution >= 4 is 11.7 Å². The van der Waals surface area contributed by atoms with Crippen molar-refractivity contribution < 1.29 is 23.4 Å². The van der Waals surface area contributed by atoms with Crippen LogP contribution in [0.1, 0.15) is 51.2 Å². The Kier molecular flexibility index (Phi) is 8.91. The molecule has 34 heavy (non-hydrogen) atoms. The third kappa shape index (κ3) is 6.07. The molecule has 0 saturated carbocycles. The lowest BCUT2D eigenvalue weighted by Gasteiger charge is -2.36. The molecule has 0 radical (unpaired) electrons. The van der Waals surface area contributed by atoms with Gasteiger partial charge in [0.15, 0.2) is 0 Å². The van der Waals surface area contributed by atoms with Gasteiger partial charge in [-0.1, -0.05) is 19.1 Å². The number of hydrogen-bond acceptors (Lipinski definition) is 4. The van der Waals surface area contributed by atoms with E-state index in [2.05, 4.69) is 6.92 Å². The molecule has 1 aliphatic rings. The van der Waals surface area contributed by atoms with Gasteiger partial charge in [-0.25, -0.2) is 9.18 Å². The average Bonchev–Trinajstić information content (AvgIpc) is 2.85. The van der Waals surface area contributed by atoms with Gasteiger partial charge in [-0.2, -0.15) is 0 Å². The van der Waals surface area contributed by atoms with Crippen LogP contribution in [-0.4, -0.2) is 50.9 Å². The van der Waals surface area contributed by atoms with E-state index in [0.717, 1.165) is 29.8 Å². The molecule has 0 bridgehead atoms. The summed E-state index contributed by atoms with van der Waals surface area (Å²) < 4.78 is 31.6. The molecule has 1 fully saturated rings. The number of carbonyl (C=O) groups is 1. The Morgan fingerprint density at radius 1 is 1.15 bits per heavy atom. The smallest absolute Gasteiger partial charge is 0.324 e. The van der Waals surface area contributed by atoms with Gasteiger partial charge in [-0.3, -0.25) is 4.90 Å². The molecule has 1 aliphatic heterocycles. The molecule has 2 aromatic rings. The fraction of sp³-hybridized carbons (Fsp3) is 0.519. The minimum absolute atomic E-state index is 0.0201. The first-order chi connectivity index (χ1) is 16.3. The third-order valence-electron chi connectivity index (χ3n) is 6.44. The quantitative estimate of drug-likeness (QED) is 0.467. The Hall–Kier alpha value is -2.64. The number of rotatable bonds is 9. The summed E-state index contributed by atoms with van der Waals surface area (Å²) in [6.07, 6.45) is 2.26. The molecule has 2 amide bonds. The maximum atomic E-state index is 14.4. The third-order valence-corrected chi connectivity index (χ3v) is 6.44. The first-order valence-electron chi connectivity index (χ1n) is 12.0. The van der Waals surface area contributed by atoms with E-state index in [0.29, 0.717) is 31.8 Å². The van der Waals surface area contributed by atoms with Crippen LogP contribution in [0.5, 0.6) is 5.75 Å². The van der Waals surface area contributed by atoms with Crippen LogP contribution in [-0.2, 0) is 21.7 Å². The van der Waals surface area contributed by atoms with Crippen LogP contribution in [0.2, 0.25) is 0 Å². The molecule has 0 aliphatic carbocycles. The highest BCUT2D eigenvalue weighted by Gasteiger charge is 2.35. The molecule has 0 spiro atoms. The van der Waals surface area contributed by atoms with Gasteiger partial charge < -0.3 is 19.1 Å². The summed E-state index contributed by atoms with van der Waals surface area (Å²) in [5.74, 6) is 0.106. The molecule has 3 rings (SSSR count). The van der Waals surface area contributed by atoms with Crippen molar-refractivity contribution in [1.82, 2.24) is 4.90 Å². The molecule has 0 aromatic heterocycles. The maximum absolute atomic E-state index is 14.4. The van der Waals surface area contributed by atoms with Crippen molar-refractivity contribution in [2.24, 2.45) is 0 Å². The molecule has 1 saturated heterocycles. The average molecular weight is 473 g/mol. The van der Waals surface area contributed by atoms with Crippen molar-refractivity contribution in [3.63, 3.8) is 0 Å². The summed E-state index contributed by atoms with van der Waals surface area (Å²) in [6.45, 7) is 8.29. The van der Waals surface area contributed by atoms with Gasteiger partial charge in [0.25, 0.3) is 0 Å². The van der Waals surface area contributed by atoms with Gasteiger partial charge in [0.1, 0.15) is 18.2 Å². The second-order valence-electron chi connectivity index (χ2n) is 9.07. The zero-order chi connectivity index (χ0) is 24.7. The van der Waals surface area contributed by atoms with Crippen LogP contribution in [0.25, 0.3) is 0 Å². The molecule has 0 atom stereocenters. The van der Waals surface area contributed by atoms with Crippen LogP contribution in [0, 0.1) is 5.82 Å². The summed E-state index contributed by atoms with van der Waals surface area (Å²) >= 11 is 0. The number of ether oxygens (including phenoxy) is 3. The highest BCUT2D eigenvalue weighted by atomic mass is 19.1. The summed E-state index contributed by atoms with van der Waals surface area (Å²) in [5, 5.41) is 0. The van der Waals surface area contributed by atoms with Gasteiger partial charge in [0.2, 0.25) is 0 Å². The highest BCUT2D eigenvalue weighted by Crippen LogP contribution is 2.37. The fourth-order valence-corrected chi connectivity index (χ4v) is 4.32. The van der Waals surface area contributed by atoms with E-state index < -0.39 is 5.60 Å². The van der Waals surface area contributed by atoms with Crippen molar-refractivity contribution in [2.45, 2.75) is 58.3 Å². The van der Waals surface area contributed by atoms with Gasteiger partial charge in [0, 0.05) is 64.6 Å². The Morgan fingerprint density at radius 3 is 2.41 bits per heavy atom.